The van der Waals surface area contributed by atoms with E-state index in [0.717, 1.165) is 64.2 Å². The van der Waals surface area contributed by atoms with Crippen molar-refractivity contribution in [1.82, 2.24) is 0 Å². The van der Waals surface area contributed by atoms with Crippen molar-refractivity contribution >= 4 is 19.8 Å². The summed E-state index contributed by atoms with van der Waals surface area (Å²) in [6.45, 7) is 2.09. The third-order valence-electron chi connectivity index (χ3n) is 7.65. The molecule has 47 heavy (non-hydrogen) atoms. The monoisotopic (exact) mass is 690 g/mol. The van der Waals surface area contributed by atoms with E-state index in [-0.39, 0.29) is 12.8 Å². The highest BCUT2D eigenvalue weighted by atomic mass is 31.2. The second-order valence-electron chi connectivity index (χ2n) is 12.2. The van der Waals surface area contributed by atoms with Gasteiger partial charge in [-0.05, 0) is 38.5 Å². The van der Waals surface area contributed by atoms with Crippen LogP contribution in [0.2, 0.25) is 0 Å². The molecule has 3 N–H and O–H groups in total. The Hall–Kier alpha value is -1.55. The van der Waals surface area contributed by atoms with Crippen LogP contribution in [0.5, 0.6) is 0 Å². The fourth-order valence-electron chi connectivity index (χ4n) is 4.80. The molecule has 11 heteroatoms. The van der Waals surface area contributed by atoms with Crippen LogP contribution in [0.25, 0.3) is 0 Å². The van der Waals surface area contributed by atoms with E-state index in [1.165, 1.54) is 51.4 Å². The number of carbonyl (C=O) groups excluding carboxylic acids is 2. The average Bonchev–Trinajstić information content (AvgIpc) is 3.05. The molecule has 0 saturated carbocycles. The number of ether oxygens (including phenoxy) is 2. The predicted octanol–water partition coefficient (Wildman–Crippen LogP) is 8.66. The highest BCUT2D eigenvalue weighted by Crippen LogP contribution is 2.43. The average molecular weight is 691 g/mol. The Labute approximate surface area is 285 Å². The fourth-order valence-corrected chi connectivity index (χ4v) is 5.58. The van der Waals surface area contributed by atoms with Crippen molar-refractivity contribution in [3.63, 3.8) is 0 Å². The van der Waals surface area contributed by atoms with E-state index in [4.69, 9.17) is 18.5 Å². The third-order valence-corrected chi connectivity index (χ3v) is 8.60. The highest BCUT2D eigenvalue weighted by molar-refractivity contribution is 7.47. The molecular formula is C36H67O10P. The van der Waals surface area contributed by atoms with Crippen molar-refractivity contribution in [2.24, 2.45) is 0 Å². The van der Waals surface area contributed by atoms with Crippen LogP contribution in [0.15, 0.2) is 24.3 Å². The molecule has 276 valence electrons. The number of phosphoric ester groups is 1. The summed E-state index contributed by atoms with van der Waals surface area (Å²) in [7, 11) is -4.63. The zero-order valence-corrected chi connectivity index (χ0v) is 30.4. The maximum atomic E-state index is 12.3. The van der Waals surface area contributed by atoms with Crippen LogP contribution in [-0.2, 0) is 32.7 Å². The molecule has 0 amide bonds. The van der Waals surface area contributed by atoms with Gasteiger partial charge in [-0.3, -0.25) is 18.6 Å². The molecule has 0 fully saturated rings. The standard InChI is InChI=1S/C36H67O10P/c1-3-5-7-9-11-13-15-16-18-20-22-24-26-28-36(40)46-34(30-38)32-44-47(41,42)43-31-33(29-37)45-35(39)27-25-23-21-19-17-14-12-10-8-6-4-2/h7,9,13,15,33-34,37-38H,3-6,8,10-12,14,16-32H2,1-2H3,(H,41,42)/b9-7-,15-13-. The van der Waals surface area contributed by atoms with E-state index < -0.39 is 58.4 Å². The van der Waals surface area contributed by atoms with Gasteiger partial charge >= 0.3 is 19.8 Å². The summed E-state index contributed by atoms with van der Waals surface area (Å²) in [5.41, 5.74) is 0. The third kappa shape index (κ3) is 31.5. The number of aliphatic hydroxyl groups excluding tert-OH is 2. The van der Waals surface area contributed by atoms with Gasteiger partial charge in [-0.15, -0.1) is 0 Å². The Kier molecular flexibility index (Phi) is 31.9. The largest absolute Gasteiger partial charge is 0.472 e. The quantitative estimate of drug-likeness (QED) is 0.0259. The molecule has 10 nitrogen and oxygen atoms in total. The molecule has 3 atom stereocenters. The minimum absolute atomic E-state index is 0.177. The summed E-state index contributed by atoms with van der Waals surface area (Å²) in [5, 5.41) is 19.0. The second-order valence-corrected chi connectivity index (χ2v) is 13.7. The Morgan fingerprint density at radius 3 is 1.40 bits per heavy atom. The number of carbonyl (C=O) groups is 2. The molecule has 0 aromatic rings. The SMILES string of the molecule is CCC/C=C\C/C=C\CCCCCCCC(=O)OC(CO)COP(=O)(O)OCC(CO)OC(=O)CCCCCCCCCCCCC. The molecule has 0 rings (SSSR count). The summed E-state index contributed by atoms with van der Waals surface area (Å²) < 4.78 is 32.4. The molecule has 0 heterocycles. The first-order chi connectivity index (χ1) is 22.8. The lowest BCUT2D eigenvalue weighted by atomic mass is 10.1. The van der Waals surface area contributed by atoms with Gasteiger partial charge in [0.2, 0.25) is 0 Å². The molecular weight excluding hydrogens is 623 g/mol. The molecule has 0 aromatic heterocycles. The Balaban J connectivity index is 4.02. The first-order valence-electron chi connectivity index (χ1n) is 18.3. The fraction of sp³-hybridized carbons (Fsp3) is 0.833. The lowest BCUT2D eigenvalue weighted by Gasteiger charge is -2.20. The van der Waals surface area contributed by atoms with Crippen LogP contribution >= 0.6 is 7.82 Å². The normalized spacial score (nSPS) is 14.4. The highest BCUT2D eigenvalue weighted by Gasteiger charge is 2.27. The van der Waals surface area contributed by atoms with Gasteiger partial charge in [0.1, 0.15) is 12.2 Å². The number of allylic oxidation sites excluding steroid dienone is 4. The summed E-state index contributed by atoms with van der Waals surface area (Å²) in [6, 6.07) is 0. The number of aliphatic hydroxyl groups is 2. The van der Waals surface area contributed by atoms with E-state index in [2.05, 4.69) is 38.2 Å². The predicted molar refractivity (Wildman–Crippen MR) is 187 cm³/mol. The zero-order valence-electron chi connectivity index (χ0n) is 29.5. The first-order valence-corrected chi connectivity index (χ1v) is 19.8. The Morgan fingerprint density at radius 2 is 0.979 bits per heavy atom. The maximum Gasteiger partial charge on any atom is 0.472 e. The molecule has 0 aliphatic carbocycles. The van der Waals surface area contributed by atoms with Crippen molar-refractivity contribution in [1.29, 1.82) is 0 Å². The van der Waals surface area contributed by atoms with Crippen LogP contribution < -0.4 is 0 Å². The number of hydrogen-bond acceptors (Lipinski definition) is 9. The summed E-state index contributed by atoms with van der Waals surface area (Å²) >= 11 is 0. The van der Waals surface area contributed by atoms with Gasteiger partial charge in [0.25, 0.3) is 0 Å². The molecule has 0 radical (unpaired) electrons. The van der Waals surface area contributed by atoms with Gasteiger partial charge in [0.05, 0.1) is 26.4 Å². The Morgan fingerprint density at radius 1 is 0.574 bits per heavy atom. The van der Waals surface area contributed by atoms with E-state index in [1.807, 2.05) is 0 Å². The summed E-state index contributed by atoms with van der Waals surface area (Å²) in [4.78, 5) is 34.3. The molecule has 0 spiro atoms. The molecule has 0 aliphatic rings. The zero-order chi connectivity index (χ0) is 34.9. The van der Waals surface area contributed by atoms with Crippen molar-refractivity contribution in [2.75, 3.05) is 26.4 Å². The van der Waals surface area contributed by atoms with Crippen molar-refractivity contribution in [2.45, 2.75) is 167 Å². The second kappa shape index (κ2) is 33.0. The molecule has 0 saturated heterocycles. The van der Waals surface area contributed by atoms with Crippen LogP contribution in [0.1, 0.15) is 155 Å². The number of hydrogen-bond donors (Lipinski definition) is 3. The summed E-state index contributed by atoms with van der Waals surface area (Å²) in [5.74, 6) is -1.03. The van der Waals surface area contributed by atoms with Crippen LogP contribution in [0.3, 0.4) is 0 Å². The lowest BCUT2D eigenvalue weighted by molar-refractivity contribution is -0.153. The van der Waals surface area contributed by atoms with Gasteiger partial charge in [-0.25, -0.2) is 4.57 Å². The smallest absolute Gasteiger partial charge is 0.457 e. The molecule has 0 aromatic carbocycles. The van der Waals surface area contributed by atoms with Crippen molar-refractivity contribution < 1.29 is 47.8 Å². The van der Waals surface area contributed by atoms with Crippen molar-refractivity contribution in [3.05, 3.63) is 24.3 Å². The number of rotatable bonds is 34. The molecule has 0 aliphatic heterocycles. The van der Waals surface area contributed by atoms with E-state index in [9.17, 15) is 29.3 Å². The van der Waals surface area contributed by atoms with Crippen molar-refractivity contribution in [3.8, 4) is 0 Å². The van der Waals surface area contributed by atoms with E-state index in [1.54, 1.807) is 0 Å². The maximum absolute atomic E-state index is 12.3. The van der Waals surface area contributed by atoms with E-state index in [0.29, 0.717) is 12.8 Å². The Bertz CT molecular complexity index is 848. The summed E-state index contributed by atoms with van der Waals surface area (Å²) in [6.07, 6.45) is 28.7. The lowest BCUT2D eigenvalue weighted by Crippen LogP contribution is -2.28. The van der Waals surface area contributed by atoms with Crippen LogP contribution in [0, 0.1) is 0 Å². The first kappa shape index (κ1) is 45.5. The number of phosphoric acid groups is 1. The minimum atomic E-state index is -4.63. The van der Waals surface area contributed by atoms with Gasteiger partial charge in [-0.1, -0.05) is 128 Å². The van der Waals surface area contributed by atoms with Gasteiger partial charge in [0, 0.05) is 12.8 Å². The van der Waals surface area contributed by atoms with Gasteiger partial charge < -0.3 is 24.6 Å². The van der Waals surface area contributed by atoms with Gasteiger partial charge in [-0.2, -0.15) is 0 Å². The van der Waals surface area contributed by atoms with E-state index >= 15 is 0 Å². The van der Waals surface area contributed by atoms with Gasteiger partial charge in [0.15, 0.2) is 0 Å². The number of esters is 2. The topological polar surface area (TPSA) is 149 Å². The van der Waals surface area contributed by atoms with Crippen LogP contribution in [-0.4, -0.2) is 65.7 Å². The number of unbranched alkanes of at least 4 members (excludes halogenated alkanes) is 16. The minimum Gasteiger partial charge on any atom is -0.457 e. The van der Waals surface area contributed by atoms with Crippen LogP contribution in [0.4, 0.5) is 0 Å². The molecule has 3 unspecified atom stereocenters. The molecule has 0 bridgehead atoms.